The fourth-order valence-electron chi connectivity index (χ4n) is 1.96. The SMILES string of the molecule is CC(C)(C)c1ccc(CC(C)(C)c2ccon2)s1. The van der Waals surface area contributed by atoms with Crippen LogP contribution in [0.3, 0.4) is 0 Å². The van der Waals surface area contributed by atoms with Gasteiger partial charge in [0.15, 0.2) is 0 Å². The molecule has 0 saturated heterocycles. The van der Waals surface area contributed by atoms with Gasteiger partial charge in [-0.05, 0) is 24.0 Å². The van der Waals surface area contributed by atoms with Crippen molar-refractivity contribution >= 4 is 11.3 Å². The van der Waals surface area contributed by atoms with Crippen molar-refractivity contribution in [3.63, 3.8) is 0 Å². The molecule has 18 heavy (non-hydrogen) atoms. The van der Waals surface area contributed by atoms with Gasteiger partial charge in [-0.3, -0.25) is 0 Å². The first-order valence-electron chi connectivity index (χ1n) is 6.29. The molecule has 98 valence electrons. The Kier molecular flexibility index (Phi) is 3.37. The first kappa shape index (κ1) is 13.3. The summed E-state index contributed by atoms with van der Waals surface area (Å²) in [6, 6.07) is 6.45. The van der Waals surface area contributed by atoms with E-state index in [1.54, 1.807) is 6.26 Å². The predicted molar refractivity (Wildman–Crippen MR) is 76.3 cm³/mol. The largest absolute Gasteiger partial charge is 0.364 e. The third kappa shape index (κ3) is 2.83. The topological polar surface area (TPSA) is 26.0 Å². The summed E-state index contributed by atoms with van der Waals surface area (Å²) in [5.41, 5.74) is 1.28. The Morgan fingerprint density at radius 3 is 2.33 bits per heavy atom. The lowest BCUT2D eigenvalue weighted by atomic mass is 9.85. The van der Waals surface area contributed by atoms with Crippen LogP contribution in [0.2, 0.25) is 0 Å². The van der Waals surface area contributed by atoms with Crippen molar-refractivity contribution in [3.05, 3.63) is 39.9 Å². The maximum Gasteiger partial charge on any atom is 0.124 e. The lowest BCUT2D eigenvalue weighted by Crippen LogP contribution is -2.20. The summed E-state index contributed by atoms with van der Waals surface area (Å²) in [6.45, 7) is 11.2. The molecular weight excluding hydrogens is 242 g/mol. The lowest BCUT2D eigenvalue weighted by molar-refractivity contribution is 0.384. The second kappa shape index (κ2) is 4.54. The monoisotopic (exact) mass is 263 g/mol. The minimum absolute atomic E-state index is 0.0208. The molecule has 0 spiro atoms. The second-order valence-electron chi connectivity index (χ2n) is 6.46. The highest BCUT2D eigenvalue weighted by Gasteiger charge is 2.25. The molecule has 0 atom stereocenters. The second-order valence-corrected chi connectivity index (χ2v) is 7.63. The molecule has 2 aromatic rings. The summed E-state index contributed by atoms with van der Waals surface area (Å²) in [6.07, 6.45) is 2.65. The number of hydrogen-bond acceptors (Lipinski definition) is 3. The van der Waals surface area contributed by atoms with E-state index in [1.165, 1.54) is 9.75 Å². The van der Waals surface area contributed by atoms with E-state index >= 15 is 0 Å². The highest BCUT2D eigenvalue weighted by molar-refractivity contribution is 7.12. The van der Waals surface area contributed by atoms with Crippen LogP contribution in [0.25, 0.3) is 0 Å². The number of nitrogens with zero attached hydrogens (tertiary/aromatic N) is 1. The third-order valence-electron chi connectivity index (χ3n) is 3.15. The van der Waals surface area contributed by atoms with E-state index in [-0.39, 0.29) is 10.8 Å². The zero-order valence-corrected chi connectivity index (χ0v) is 12.6. The summed E-state index contributed by atoms with van der Waals surface area (Å²) in [5.74, 6) is 0. The van der Waals surface area contributed by atoms with Crippen LogP contribution >= 0.6 is 11.3 Å². The number of thiophene rings is 1. The van der Waals surface area contributed by atoms with Crippen molar-refractivity contribution in [3.8, 4) is 0 Å². The Balaban J connectivity index is 2.17. The Labute approximate surface area is 113 Å². The smallest absolute Gasteiger partial charge is 0.124 e. The molecule has 0 bridgehead atoms. The summed E-state index contributed by atoms with van der Waals surface area (Å²) in [5, 5.41) is 4.07. The lowest BCUT2D eigenvalue weighted by Gasteiger charge is -2.21. The molecule has 0 aliphatic rings. The molecule has 3 heteroatoms. The summed E-state index contributed by atoms with van der Waals surface area (Å²) in [4.78, 5) is 2.85. The van der Waals surface area contributed by atoms with Crippen LogP contribution in [0, 0.1) is 0 Å². The van der Waals surface area contributed by atoms with Crippen LogP contribution in [-0.2, 0) is 17.3 Å². The molecule has 0 N–H and O–H groups in total. The highest BCUT2D eigenvalue weighted by Crippen LogP contribution is 2.34. The third-order valence-corrected chi connectivity index (χ3v) is 4.66. The summed E-state index contributed by atoms with van der Waals surface area (Å²) < 4.78 is 4.95. The van der Waals surface area contributed by atoms with Gasteiger partial charge in [-0.15, -0.1) is 11.3 Å². The minimum Gasteiger partial charge on any atom is -0.364 e. The molecule has 0 radical (unpaired) electrons. The van der Waals surface area contributed by atoms with E-state index in [4.69, 9.17) is 4.52 Å². The standard InChI is InChI=1S/C15H21NOS/c1-14(2,3)13-7-6-11(18-13)10-15(4,5)12-8-9-17-16-12/h6-9H,10H2,1-5H3. The van der Waals surface area contributed by atoms with Gasteiger partial charge in [-0.25, -0.2) is 0 Å². The van der Waals surface area contributed by atoms with Crippen molar-refractivity contribution in [2.75, 3.05) is 0 Å². The van der Waals surface area contributed by atoms with E-state index in [2.05, 4.69) is 51.9 Å². The molecule has 0 aliphatic heterocycles. The van der Waals surface area contributed by atoms with Gasteiger partial charge < -0.3 is 4.52 Å². The molecule has 0 fully saturated rings. The van der Waals surface area contributed by atoms with Gasteiger partial charge in [-0.2, -0.15) is 0 Å². The molecule has 2 heterocycles. The van der Waals surface area contributed by atoms with Crippen molar-refractivity contribution < 1.29 is 4.52 Å². The number of rotatable bonds is 3. The predicted octanol–water partition coefficient (Wildman–Crippen LogP) is 4.55. The Morgan fingerprint density at radius 1 is 1.11 bits per heavy atom. The van der Waals surface area contributed by atoms with Gasteiger partial charge in [0.2, 0.25) is 0 Å². The van der Waals surface area contributed by atoms with Crippen LogP contribution in [0.15, 0.2) is 29.0 Å². The van der Waals surface area contributed by atoms with E-state index in [1.807, 2.05) is 17.4 Å². The number of aromatic nitrogens is 1. The van der Waals surface area contributed by atoms with E-state index in [0.717, 1.165) is 12.1 Å². The van der Waals surface area contributed by atoms with Gasteiger partial charge in [0.25, 0.3) is 0 Å². The summed E-state index contributed by atoms with van der Waals surface area (Å²) in [7, 11) is 0. The van der Waals surface area contributed by atoms with Crippen molar-refractivity contribution in [1.82, 2.24) is 5.16 Å². The van der Waals surface area contributed by atoms with Gasteiger partial charge in [-0.1, -0.05) is 39.8 Å². The normalized spacial score (nSPS) is 12.9. The van der Waals surface area contributed by atoms with Crippen molar-refractivity contribution in [2.45, 2.75) is 51.9 Å². The molecule has 0 aliphatic carbocycles. The average molecular weight is 263 g/mol. The van der Waals surface area contributed by atoms with Crippen LogP contribution in [-0.4, -0.2) is 5.16 Å². The van der Waals surface area contributed by atoms with Crippen LogP contribution < -0.4 is 0 Å². The molecule has 2 nitrogen and oxygen atoms in total. The Morgan fingerprint density at radius 2 is 1.83 bits per heavy atom. The molecule has 0 saturated carbocycles. The van der Waals surface area contributed by atoms with Crippen molar-refractivity contribution in [2.24, 2.45) is 0 Å². The molecule has 0 aromatic carbocycles. The first-order valence-corrected chi connectivity index (χ1v) is 7.11. The fourth-order valence-corrected chi connectivity index (χ4v) is 3.26. The number of hydrogen-bond donors (Lipinski definition) is 0. The van der Waals surface area contributed by atoms with Crippen LogP contribution in [0.5, 0.6) is 0 Å². The molecule has 0 unspecified atom stereocenters. The zero-order valence-electron chi connectivity index (χ0n) is 11.8. The van der Waals surface area contributed by atoms with E-state index in [9.17, 15) is 0 Å². The quantitative estimate of drug-likeness (QED) is 0.811. The molecule has 2 aromatic heterocycles. The van der Waals surface area contributed by atoms with Gasteiger partial charge >= 0.3 is 0 Å². The molecule has 0 amide bonds. The van der Waals surface area contributed by atoms with Gasteiger partial charge in [0, 0.05) is 21.2 Å². The van der Waals surface area contributed by atoms with E-state index < -0.39 is 0 Å². The summed E-state index contributed by atoms with van der Waals surface area (Å²) >= 11 is 1.91. The van der Waals surface area contributed by atoms with E-state index in [0.29, 0.717) is 0 Å². The van der Waals surface area contributed by atoms with Crippen LogP contribution in [0.1, 0.15) is 50.1 Å². The minimum atomic E-state index is 0.0208. The van der Waals surface area contributed by atoms with Crippen molar-refractivity contribution in [1.29, 1.82) is 0 Å². The maximum atomic E-state index is 4.95. The van der Waals surface area contributed by atoms with Gasteiger partial charge in [0.05, 0.1) is 5.69 Å². The Hall–Kier alpha value is -1.09. The average Bonchev–Trinajstić information content (AvgIpc) is 2.83. The van der Waals surface area contributed by atoms with Gasteiger partial charge in [0.1, 0.15) is 6.26 Å². The first-order chi connectivity index (χ1) is 8.29. The fraction of sp³-hybridized carbons (Fsp3) is 0.533. The highest BCUT2D eigenvalue weighted by atomic mass is 32.1. The molecule has 2 rings (SSSR count). The van der Waals surface area contributed by atoms with Crippen LogP contribution in [0.4, 0.5) is 0 Å². The zero-order chi connectivity index (χ0) is 13.4. The Bertz CT molecular complexity index is 503. The maximum absolute atomic E-state index is 4.95. The molecular formula is C15H21NOS.